The lowest BCUT2D eigenvalue weighted by atomic mass is 9.99. The van der Waals surface area contributed by atoms with Crippen LogP contribution in [-0.4, -0.2) is 16.3 Å². The smallest absolute Gasteiger partial charge is 0.105 e. The van der Waals surface area contributed by atoms with E-state index in [0.29, 0.717) is 17.0 Å². The Hall–Kier alpha value is -1.35. The SMILES string of the molecule is OC(Cc1ccccc1)C(O)c1ccc(Cl)cc1. The van der Waals surface area contributed by atoms with Gasteiger partial charge in [-0.2, -0.15) is 0 Å². The van der Waals surface area contributed by atoms with Crippen LogP contribution < -0.4 is 0 Å². The average molecular weight is 263 g/mol. The molecule has 0 heterocycles. The highest BCUT2D eigenvalue weighted by Gasteiger charge is 2.18. The zero-order valence-corrected chi connectivity index (χ0v) is 10.6. The van der Waals surface area contributed by atoms with E-state index < -0.39 is 12.2 Å². The van der Waals surface area contributed by atoms with Gasteiger partial charge < -0.3 is 10.2 Å². The third kappa shape index (κ3) is 3.33. The Bertz CT molecular complexity index is 482. The monoisotopic (exact) mass is 262 g/mol. The molecular formula is C15H15ClO2. The van der Waals surface area contributed by atoms with Crippen molar-refractivity contribution in [2.45, 2.75) is 18.6 Å². The number of aliphatic hydroxyl groups excluding tert-OH is 2. The summed E-state index contributed by atoms with van der Waals surface area (Å²) >= 11 is 5.78. The minimum Gasteiger partial charge on any atom is -0.390 e. The lowest BCUT2D eigenvalue weighted by Crippen LogP contribution is -2.20. The third-order valence-electron chi connectivity index (χ3n) is 2.86. The van der Waals surface area contributed by atoms with E-state index in [1.165, 1.54) is 0 Å². The summed E-state index contributed by atoms with van der Waals surface area (Å²) < 4.78 is 0. The molecule has 2 N–H and O–H groups in total. The molecule has 0 aliphatic rings. The van der Waals surface area contributed by atoms with Crippen molar-refractivity contribution in [1.82, 2.24) is 0 Å². The van der Waals surface area contributed by atoms with Crippen molar-refractivity contribution in [2.24, 2.45) is 0 Å². The molecular weight excluding hydrogens is 248 g/mol. The summed E-state index contributed by atoms with van der Waals surface area (Å²) in [5.74, 6) is 0. The van der Waals surface area contributed by atoms with Gasteiger partial charge in [0.2, 0.25) is 0 Å². The zero-order chi connectivity index (χ0) is 13.0. The minimum absolute atomic E-state index is 0.421. The van der Waals surface area contributed by atoms with Crippen LogP contribution in [0.3, 0.4) is 0 Å². The molecule has 2 rings (SSSR count). The number of rotatable bonds is 4. The standard InChI is InChI=1S/C15H15ClO2/c16-13-8-6-12(7-9-13)15(18)14(17)10-11-4-2-1-3-5-11/h1-9,14-15,17-18H,10H2. The first-order valence-electron chi connectivity index (χ1n) is 5.82. The van der Waals surface area contributed by atoms with Crippen LogP contribution in [0.25, 0.3) is 0 Å². The van der Waals surface area contributed by atoms with Crippen molar-refractivity contribution >= 4 is 11.6 Å². The molecule has 0 saturated heterocycles. The summed E-state index contributed by atoms with van der Waals surface area (Å²) in [7, 11) is 0. The molecule has 0 spiro atoms. The maximum Gasteiger partial charge on any atom is 0.105 e. The molecule has 0 fully saturated rings. The molecule has 18 heavy (non-hydrogen) atoms. The summed E-state index contributed by atoms with van der Waals surface area (Å²) in [4.78, 5) is 0. The van der Waals surface area contributed by atoms with Gasteiger partial charge in [-0.05, 0) is 23.3 Å². The Morgan fingerprint density at radius 3 is 2.11 bits per heavy atom. The molecule has 3 heteroatoms. The van der Waals surface area contributed by atoms with E-state index in [4.69, 9.17) is 11.6 Å². The molecule has 0 radical (unpaired) electrons. The highest BCUT2D eigenvalue weighted by Crippen LogP contribution is 2.21. The summed E-state index contributed by atoms with van der Waals surface area (Å²) in [5.41, 5.74) is 1.67. The molecule has 0 aliphatic carbocycles. The molecule has 2 aromatic carbocycles. The molecule has 0 aromatic heterocycles. The predicted molar refractivity (Wildman–Crippen MR) is 72.6 cm³/mol. The summed E-state index contributed by atoms with van der Waals surface area (Å²) in [5, 5.41) is 20.7. The second kappa shape index (κ2) is 6.01. The Labute approximate surface area is 111 Å². The van der Waals surface area contributed by atoms with E-state index >= 15 is 0 Å². The Balaban J connectivity index is 2.05. The average Bonchev–Trinajstić information content (AvgIpc) is 2.40. The van der Waals surface area contributed by atoms with Gasteiger partial charge in [-0.1, -0.05) is 54.1 Å². The first kappa shape index (κ1) is 13.1. The maximum atomic E-state index is 10.0. The van der Waals surface area contributed by atoms with Gasteiger partial charge in [0.15, 0.2) is 0 Å². The van der Waals surface area contributed by atoms with Crippen LogP contribution in [-0.2, 0) is 6.42 Å². The summed E-state index contributed by atoms with van der Waals surface area (Å²) in [6, 6.07) is 16.5. The van der Waals surface area contributed by atoms with Gasteiger partial charge in [0, 0.05) is 11.4 Å². The van der Waals surface area contributed by atoms with Crippen molar-refractivity contribution in [3.8, 4) is 0 Å². The number of hydrogen-bond donors (Lipinski definition) is 2. The largest absolute Gasteiger partial charge is 0.390 e. The van der Waals surface area contributed by atoms with Crippen molar-refractivity contribution in [2.75, 3.05) is 0 Å². The first-order chi connectivity index (χ1) is 8.66. The van der Waals surface area contributed by atoms with Gasteiger partial charge in [0.1, 0.15) is 6.10 Å². The van der Waals surface area contributed by atoms with Gasteiger partial charge in [-0.3, -0.25) is 0 Å². The summed E-state index contributed by atoms with van der Waals surface area (Å²) in [6.45, 7) is 0. The number of aliphatic hydroxyl groups is 2. The first-order valence-corrected chi connectivity index (χ1v) is 6.20. The van der Waals surface area contributed by atoms with Crippen molar-refractivity contribution in [1.29, 1.82) is 0 Å². The van der Waals surface area contributed by atoms with Gasteiger partial charge in [-0.25, -0.2) is 0 Å². The summed E-state index contributed by atoms with van der Waals surface area (Å²) in [6.07, 6.45) is -1.30. The fourth-order valence-electron chi connectivity index (χ4n) is 1.85. The zero-order valence-electron chi connectivity index (χ0n) is 9.83. The molecule has 2 atom stereocenters. The van der Waals surface area contributed by atoms with Crippen molar-refractivity contribution in [3.63, 3.8) is 0 Å². The van der Waals surface area contributed by atoms with Crippen molar-refractivity contribution < 1.29 is 10.2 Å². The highest BCUT2D eigenvalue weighted by molar-refractivity contribution is 6.30. The lowest BCUT2D eigenvalue weighted by molar-refractivity contribution is 0.0190. The second-order valence-corrected chi connectivity index (χ2v) is 4.69. The quantitative estimate of drug-likeness (QED) is 0.889. The van der Waals surface area contributed by atoms with E-state index in [1.54, 1.807) is 24.3 Å². The molecule has 2 nitrogen and oxygen atoms in total. The van der Waals surface area contributed by atoms with Gasteiger partial charge in [0.05, 0.1) is 6.10 Å². The van der Waals surface area contributed by atoms with E-state index in [9.17, 15) is 10.2 Å². The fraction of sp³-hybridized carbons (Fsp3) is 0.200. The maximum absolute atomic E-state index is 10.0. The van der Waals surface area contributed by atoms with Crippen LogP contribution in [0.4, 0.5) is 0 Å². The van der Waals surface area contributed by atoms with Crippen molar-refractivity contribution in [3.05, 3.63) is 70.7 Å². The van der Waals surface area contributed by atoms with E-state index in [-0.39, 0.29) is 0 Å². The van der Waals surface area contributed by atoms with E-state index in [0.717, 1.165) is 5.56 Å². The number of hydrogen-bond acceptors (Lipinski definition) is 2. The van der Waals surface area contributed by atoms with Crippen LogP contribution in [0, 0.1) is 0 Å². The molecule has 0 bridgehead atoms. The van der Waals surface area contributed by atoms with Crippen LogP contribution >= 0.6 is 11.6 Å². The second-order valence-electron chi connectivity index (χ2n) is 4.25. The predicted octanol–water partition coefficient (Wildman–Crippen LogP) is 2.98. The Morgan fingerprint density at radius 1 is 0.889 bits per heavy atom. The van der Waals surface area contributed by atoms with E-state index in [1.807, 2.05) is 30.3 Å². The molecule has 94 valence electrons. The fourth-order valence-corrected chi connectivity index (χ4v) is 1.98. The Kier molecular flexibility index (Phi) is 4.37. The Morgan fingerprint density at radius 2 is 1.50 bits per heavy atom. The molecule has 2 unspecified atom stereocenters. The lowest BCUT2D eigenvalue weighted by Gasteiger charge is -2.18. The number of halogens is 1. The molecule has 0 amide bonds. The highest BCUT2D eigenvalue weighted by atomic mass is 35.5. The van der Waals surface area contributed by atoms with Crippen LogP contribution in [0.5, 0.6) is 0 Å². The van der Waals surface area contributed by atoms with Gasteiger partial charge in [-0.15, -0.1) is 0 Å². The third-order valence-corrected chi connectivity index (χ3v) is 3.12. The molecule has 2 aromatic rings. The van der Waals surface area contributed by atoms with Gasteiger partial charge in [0.25, 0.3) is 0 Å². The van der Waals surface area contributed by atoms with Gasteiger partial charge >= 0.3 is 0 Å². The number of benzene rings is 2. The van der Waals surface area contributed by atoms with Crippen LogP contribution in [0.1, 0.15) is 17.2 Å². The van der Waals surface area contributed by atoms with E-state index in [2.05, 4.69) is 0 Å². The topological polar surface area (TPSA) is 40.5 Å². The van der Waals surface area contributed by atoms with Crippen LogP contribution in [0.15, 0.2) is 54.6 Å². The molecule has 0 aliphatic heterocycles. The normalized spacial score (nSPS) is 14.2. The molecule has 0 saturated carbocycles. The van der Waals surface area contributed by atoms with Crippen LogP contribution in [0.2, 0.25) is 5.02 Å². The minimum atomic E-state index is -0.900.